The first-order valence-corrected chi connectivity index (χ1v) is 7.46. The second-order valence-corrected chi connectivity index (χ2v) is 6.43. The van der Waals surface area contributed by atoms with Gasteiger partial charge < -0.3 is 15.1 Å². The van der Waals surface area contributed by atoms with Gasteiger partial charge >= 0.3 is 5.97 Å². The largest absolute Gasteiger partial charge is 0.478 e. The highest BCUT2D eigenvalue weighted by Gasteiger charge is 2.34. The van der Waals surface area contributed by atoms with Crippen molar-refractivity contribution in [3.8, 4) is 0 Å². The maximum Gasteiger partial charge on any atom is 0.336 e. The highest BCUT2D eigenvalue weighted by Crippen LogP contribution is 2.30. The molecule has 3 rings (SSSR count). The molecule has 1 aromatic carbocycles. The topological polar surface area (TPSA) is 73.7 Å². The number of benzene rings is 1. The van der Waals surface area contributed by atoms with E-state index in [4.69, 9.17) is 0 Å². The van der Waals surface area contributed by atoms with Crippen LogP contribution < -0.4 is 4.90 Å². The molecule has 1 aliphatic heterocycles. The Labute approximate surface area is 129 Å². The third-order valence-corrected chi connectivity index (χ3v) is 4.46. The quantitative estimate of drug-likeness (QED) is 0.911. The monoisotopic (exact) mass is 300 g/mol. The van der Waals surface area contributed by atoms with Crippen molar-refractivity contribution in [2.45, 2.75) is 25.9 Å². The van der Waals surface area contributed by atoms with E-state index >= 15 is 0 Å². The van der Waals surface area contributed by atoms with Gasteiger partial charge in [0.2, 0.25) is 0 Å². The van der Waals surface area contributed by atoms with Crippen LogP contribution in [0.4, 0.5) is 5.82 Å². The first kappa shape index (κ1) is 14.8. The van der Waals surface area contributed by atoms with E-state index < -0.39 is 11.6 Å². The van der Waals surface area contributed by atoms with E-state index in [0.717, 1.165) is 25.3 Å². The van der Waals surface area contributed by atoms with Crippen molar-refractivity contribution in [3.63, 3.8) is 0 Å². The predicted octanol–water partition coefficient (Wildman–Crippen LogP) is 2.53. The lowest BCUT2D eigenvalue weighted by Crippen LogP contribution is -2.33. The van der Waals surface area contributed by atoms with Crippen LogP contribution in [-0.2, 0) is 0 Å². The van der Waals surface area contributed by atoms with E-state index in [1.807, 2.05) is 32.0 Å². The minimum atomic E-state index is -0.941. The summed E-state index contributed by atoms with van der Waals surface area (Å²) in [6.07, 6.45) is 0.929. The van der Waals surface area contributed by atoms with Gasteiger partial charge in [0.25, 0.3) is 0 Å². The number of anilines is 1. The predicted molar refractivity (Wildman–Crippen MR) is 85.3 cm³/mol. The van der Waals surface area contributed by atoms with Crippen LogP contribution in [0.1, 0.15) is 30.6 Å². The van der Waals surface area contributed by atoms with Gasteiger partial charge in [-0.2, -0.15) is 0 Å². The van der Waals surface area contributed by atoms with Crippen LogP contribution in [0, 0.1) is 5.92 Å². The maximum absolute atomic E-state index is 11.2. The summed E-state index contributed by atoms with van der Waals surface area (Å²) in [6, 6.07) is 8.81. The third kappa shape index (κ3) is 2.64. The van der Waals surface area contributed by atoms with E-state index in [2.05, 4.69) is 9.88 Å². The molecule has 0 spiro atoms. The van der Waals surface area contributed by atoms with Crippen LogP contribution in [0.5, 0.6) is 0 Å². The van der Waals surface area contributed by atoms with Crippen molar-refractivity contribution >= 4 is 22.7 Å². The van der Waals surface area contributed by atoms with Crippen molar-refractivity contribution in [3.05, 3.63) is 35.9 Å². The zero-order valence-corrected chi connectivity index (χ0v) is 12.8. The van der Waals surface area contributed by atoms with E-state index in [1.54, 1.807) is 12.1 Å². The minimum absolute atomic E-state index is 0.218. The number of aromatic carboxylic acids is 1. The fraction of sp³-hybridized carbons (Fsp3) is 0.412. The first-order valence-electron chi connectivity index (χ1n) is 7.46. The lowest BCUT2D eigenvalue weighted by atomic mass is 9.90. The summed E-state index contributed by atoms with van der Waals surface area (Å²) in [5, 5.41) is 20.0. The van der Waals surface area contributed by atoms with Crippen LogP contribution in [-0.4, -0.2) is 39.9 Å². The molecule has 1 aromatic heterocycles. The Morgan fingerprint density at radius 1 is 1.32 bits per heavy atom. The smallest absolute Gasteiger partial charge is 0.336 e. The van der Waals surface area contributed by atoms with E-state index in [-0.39, 0.29) is 11.5 Å². The molecule has 0 bridgehead atoms. The Balaban J connectivity index is 1.92. The van der Waals surface area contributed by atoms with Gasteiger partial charge in [0.1, 0.15) is 5.82 Å². The number of hydrogen-bond donors (Lipinski definition) is 2. The SMILES string of the molecule is CC(C)(O)C1CCN(c2ccc3c(C(=O)O)cccc3n2)C1. The van der Waals surface area contributed by atoms with Crippen LogP contribution in [0.25, 0.3) is 10.9 Å². The summed E-state index contributed by atoms with van der Waals surface area (Å²) < 4.78 is 0. The highest BCUT2D eigenvalue weighted by molar-refractivity contribution is 6.02. The standard InChI is InChI=1S/C17H20N2O3/c1-17(2,22)11-8-9-19(10-11)15-7-6-12-13(16(20)21)4-3-5-14(12)18-15/h3-7,11,22H,8-10H2,1-2H3,(H,20,21). The summed E-state index contributed by atoms with van der Waals surface area (Å²) >= 11 is 0. The van der Waals surface area contributed by atoms with Crippen molar-refractivity contribution in [1.82, 2.24) is 4.98 Å². The number of carbonyl (C=O) groups is 1. The van der Waals surface area contributed by atoms with Gasteiger partial charge in [-0.1, -0.05) is 6.07 Å². The van der Waals surface area contributed by atoms with Crippen LogP contribution in [0.15, 0.2) is 30.3 Å². The molecule has 2 heterocycles. The minimum Gasteiger partial charge on any atom is -0.478 e. The van der Waals surface area contributed by atoms with Crippen molar-refractivity contribution in [2.75, 3.05) is 18.0 Å². The van der Waals surface area contributed by atoms with Gasteiger partial charge in [0, 0.05) is 24.4 Å². The fourth-order valence-electron chi connectivity index (χ4n) is 3.05. The summed E-state index contributed by atoms with van der Waals surface area (Å²) in [5.41, 5.74) is 0.263. The summed E-state index contributed by atoms with van der Waals surface area (Å²) in [4.78, 5) is 18.0. The number of hydrogen-bond acceptors (Lipinski definition) is 4. The van der Waals surface area contributed by atoms with Gasteiger partial charge in [-0.15, -0.1) is 0 Å². The number of aliphatic hydroxyl groups is 1. The van der Waals surface area contributed by atoms with Crippen molar-refractivity contribution in [2.24, 2.45) is 5.92 Å². The summed E-state index contributed by atoms with van der Waals surface area (Å²) in [5.74, 6) is 0.112. The van der Waals surface area contributed by atoms with Gasteiger partial charge in [0.05, 0.1) is 16.7 Å². The molecular formula is C17H20N2O3. The zero-order chi connectivity index (χ0) is 15.9. The van der Waals surface area contributed by atoms with E-state index in [9.17, 15) is 15.0 Å². The Hall–Kier alpha value is -2.14. The molecule has 5 heteroatoms. The first-order chi connectivity index (χ1) is 10.4. The second-order valence-electron chi connectivity index (χ2n) is 6.43. The Morgan fingerprint density at radius 3 is 2.73 bits per heavy atom. The zero-order valence-electron chi connectivity index (χ0n) is 12.8. The maximum atomic E-state index is 11.2. The number of aromatic nitrogens is 1. The van der Waals surface area contributed by atoms with Gasteiger partial charge in [-0.25, -0.2) is 9.78 Å². The Bertz CT molecular complexity index is 721. The average Bonchev–Trinajstić information content (AvgIpc) is 2.95. The number of rotatable bonds is 3. The van der Waals surface area contributed by atoms with Crippen molar-refractivity contribution in [1.29, 1.82) is 0 Å². The number of pyridine rings is 1. The Morgan fingerprint density at radius 2 is 2.09 bits per heavy atom. The fourth-order valence-corrected chi connectivity index (χ4v) is 3.05. The third-order valence-electron chi connectivity index (χ3n) is 4.46. The summed E-state index contributed by atoms with van der Waals surface area (Å²) in [6.45, 7) is 5.30. The molecule has 22 heavy (non-hydrogen) atoms. The van der Waals surface area contributed by atoms with Crippen LogP contribution >= 0.6 is 0 Å². The number of fused-ring (bicyclic) bond motifs is 1. The van der Waals surface area contributed by atoms with Crippen molar-refractivity contribution < 1.29 is 15.0 Å². The van der Waals surface area contributed by atoms with Crippen LogP contribution in [0.2, 0.25) is 0 Å². The van der Waals surface area contributed by atoms with E-state index in [0.29, 0.717) is 10.9 Å². The molecule has 1 saturated heterocycles. The molecule has 0 radical (unpaired) electrons. The molecule has 0 saturated carbocycles. The molecule has 0 amide bonds. The molecule has 2 N–H and O–H groups in total. The molecule has 1 atom stereocenters. The lowest BCUT2D eigenvalue weighted by molar-refractivity contribution is 0.0263. The average molecular weight is 300 g/mol. The second kappa shape index (κ2) is 5.25. The van der Waals surface area contributed by atoms with E-state index in [1.165, 1.54) is 0 Å². The molecule has 1 unspecified atom stereocenters. The normalized spacial score (nSPS) is 18.9. The summed E-state index contributed by atoms with van der Waals surface area (Å²) in [7, 11) is 0. The number of nitrogens with zero attached hydrogens (tertiary/aromatic N) is 2. The number of carboxylic acid groups (broad SMARTS) is 1. The Kier molecular flexibility index (Phi) is 3.53. The molecule has 2 aromatic rings. The van der Waals surface area contributed by atoms with Crippen LogP contribution in [0.3, 0.4) is 0 Å². The highest BCUT2D eigenvalue weighted by atomic mass is 16.4. The van der Waals surface area contributed by atoms with Gasteiger partial charge in [0.15, 0.2) is 0 Å². The molecule has 1 fully saturated rings. The molecule has 1 aliphatic rings. The molecular weight excluding hydrogens is 280 g/mol. The van der Waals surface area contributed by atoms with Gasteiger partial charge in [-0.3, -0.25) is 0 Å². The lowest BCUT2D eigenvalue weighted by Gasteiger charge is -2.26. The van der Waals surface area contributed by atoms with Gasteiger partial charge in [-0.05, 0) is 44.5 Å². The number of carboxylic acids is 1. The molecule has 5 nitrogen and oxygen atoms in total. The molecule has 0 aliphatic carbocycles. The molecule has 116 valence electrons.